The number of nitrogens with two attached hydrogens (primary N) is 1. The van der Waals surface area contributed by atoms with E-state index in [9.17, 15) is 9.59 Å². The highest BCUT2D eigenvalue weighted by molar-refractivity contribution is 6.06. The Morgan fingerprint density at radius 2 is 2.33 bits per heavy atom. The van der Waals surface area contributed by atoms with Crippen molar-refractivity contribution in [2.24, 2.45) is 7.05 Å². The molecule has 1 aromatic carbocycles. The van der Waals surface area contributed by atoms with E-state index in [2.05, 4.69) is 15.7 Å². The van der Waals surface area contributed by atoms with Crippen molar-refractivity contribution >= 4 is 28.9 Å². The molecular weight excluding hydrogens is 274 g/mol. The van der Waals surface area contributed by atoms with Crippen molar-refractivity contribution in [3.63, 3.8) is 0 Å². The van der Waals surface area contributed by atoms with Gasteiger partial charge in [-0.2, -0.15) is 5.10 Å². The Morgan fingerprint density at radius 1 is 1.52 bits per heavy atom. The number of aromatic nitrogens is 2. The number of anilines is 3. The molecule has 0 saturated heterocycles. The lowest BCUT2D eigenvalue weighted by molar-refractivity contribution is -0.118. The van der Waals surface area contributed by atoms with E-state index >= 15 is 0 Å². The fourth-order valence-electron chi connectivity index (χ4n) is 1.98. The molecule has 0 radical (unpaired) electrons. The van der Waals surface area contributed by atoms with Crippen molar-refractivity contribution in [1.82, 2.24) is 9.78 Å². The Hall–Kier alpha value is -3.03. The summed E-state index contributed by atoms with van der Waals surface area (Å²) in [5.74, 6) is -0.110. The molecule has 21 heavy (non-hydrogen) atoms. The van der Waals surface area contributed by atoms with Crippen LogP contribution >= 0.6 is 0 Å². The molecule has 1 aromatic heterocycles. The van der Waals surface area contributed by atoms with Crippen molar-refractivity contribution < 1.29 is 14.3 Å². The third kappa shape index (κ3) is 2.50. The number of nitrogens with zero attached hydrogens (tertiary/aromatic N) is 2. The Kier molecular flexibility index (Phi) is 2.98. The molecule has 2 aromatic rings. The number of nitrogens with one attached hydrogen (secondary N) is 2. The minimum atomic E-state index is -0.335. The maximum atomic E-state index is 12.1. The number of hydrogen-bond donors (Lipinski definition) is 3. The predicted octanol–water partition coefficient (Wildman–Crippen LogP) is 0.585. The summed E-state index contributed by atoms with van der Waals surface area (Å²) in [6.07, 6.45) is 3.05. The Bertz CT molecular complexity index is 737. The number of carbonyl (C=O) groups excluding carboxylic acids is 2. The second kappa shape index (κ2) is 4.82. The topological polar surface area (TPSA) is 111 Å². The maximum Gasteiger partial charge on any atom is 0.262 e. The maximum absolute atomic E-state index is 12.1. The molecule has 0 atom stereocenters. The quantitative estimate of drug-likeness (QED) is 0.700. The number of benzene rings is 1. The molecule has 0 bridgehead atoms. The third-order valence-corrected chi connectivity index (χ3v) is 3.00. The zero-order valence-electron chi connectivity index (χ0n) is 11.2. The van der Waals surface area contributed by atoms with E-state index in [-0.39, 0.29) is 18.4 Å². The second-order valence-electron chi connectivity index (χ2n) is 4.63. The van der Waals surface area contributed by atoms with Gasteiger partial charge in [0.1, 0.15) is 5.75 Å². The normalized spacial score (nSPS) is 13.1. The van der Waals surface area contributed by atoms with E-state index in [1.807, 2.05) is 0 Å². The van der Waals surface area contributed by atoms with E-state index in [1.54, 1.807) is 25.4 Å². The number of ether oxygens (including phenoxy) is 1. The van der Waals surface area contributed by atoms with Gasteiger partial charge < -0.3 is 21.1 Å². The predicted molar refractivity (Wildman–Crippen MR) is 76.1 cm³/mol. The van der Waals surface area contributed by atoms with Crippen molar-refractivity contribution in [1.29, 1.82) is 0 Å². The van der Waals surface area contributed by atoms with Gasteiger partial charge in [-0.1, -0.05) is 0 Å². The summed E-state index contributed by atoms with van der Waals surface area (Å²) < 4.78 is 6.77. The SMILES string of the molecule is Cn1cc(C(=O)Nc2cc3c(cc2N)OCC(=O)N3)cn1. The molecule has 0 aliphatic carbocycles. The number of nitrogen functional groups attached to an aromatic ring is 1. The van der Waals surface area contributed by atoms with Gasteiger partial charge in [0.15, 0.2) is 6.61 Å². The Balaban J connectivity index is 1.87. The first kappa shape index (κ1) is 13.0. The first-order valence-electron chi connectivity index (χ1n) is 6.19. The number of hydrogen-bond acceptors (Lipinski definition) is 5. The molecule has 0 saturated carbocycles. The summed E-state index contributed by atoms with van der Waals surface area (Å²) in [5, 5.41) is 9.27. The number of fused-ring (bicyclic) bond motifs is 1. The lowest BCUT2D eigenvalue weighted by Gasteiger charge is -2.20. The highest BCUT2D eigenvalue weighted by Crippen LogP contribution is 2.35. The van der Waals surface area contributed by atoms with E-state index in [0.717, 1.165) is 0 Å². The van der Waals surface area contributed by atoms with E-state index < -0.39 is 0 Å². The highest BCUT2D eigenvalue weighted by atomic mass is 16.5. The van der Waals surface area contributed by atoms with Gasteiger partial charge in [0.2, 0.25) is 0 Å². The number of carbonyl (C=O) groups is 2. The second-order valence-corrected chi connectivity index (χ2v) is 4.63. The minimum Gasteiger partial charge on any atom is -0.482 e. The monoisotopic (exact) mass is 287 g/mol. The van der Waals surface area contributed by atoms with Gasteiger partial charge in [-0.3, -0.25) is 14.3 Å². The van der Waals surface area contributed by atoms with Crippen molar-refractivity contribution in [3.8, 4) is 5.75 Å². The number of amides is 2. The third-order valence-electron chi connectivity index (χ3n) is 3.00. The molecule has 108 valence electrons. The van der Waals surface area contributed by atoms with Crippen LogP contribution in [-0.2, 0) is 11.8 Å². The first-order valence-corrected chi connectivity index (χ1v) is 6.19. The lowest BCUT2D eigenvalue weighted by Crippen LogP contribution is -2.25. The Morgan fingerprint density at radius 3 is 3.05 bits per heavy atom. The summed E-state index contributed by atoms with van der Waals surface area (Å²) >= 11 is 0. The van der Waals surface area contributed by atoms with Crippen LogP contribution in [0.3, 0.4) is 0 Å². The largest absolute Gasteiger partial charge is 0.482 e. The fourth-order valence-corrected chi connectivity index (χ4v) is 1.98. The molecule has 8 heteroatoms. The zero-order chi connectivity index (χ0) is 15.0. The smallest absolute Gasteiger partial charge is 0.262 e. The van der Waals surface area contributed by atoms with Crippen LogP contribution in [0.4, 0.5) is 17.1 Å². The summed E-state index contributed by atoms with van der Waals surface area (Å²) in [6.45, 7) is -0.0478. The minimum absolute atomic E-state index is 0.0478. The molecule has 4 N–H and O–H groups in total. The molecule has 1 aliphatic rings. The van der Waals surface area contributed by atoms with Crippen LogP contribution in [0.1, 0.15) is 10.4 Å². The molecule has 8 nitrogen and oxygen atoms in total. The van der Waals surface area contributed by atoms with E-state index in [1.165, 1.54) is 10.9 Å². The first-order chi connectivity index (χ1) is 10.0. The van der Waals surface area contributed by atoms with Crippen molar-refractivity contribution in [2.75, 3.05) is 23.0 Å². The zero-order valence-corrected chi connectivity index (χ0v) is 11.2. The van der Waals surface area contributed by atoms with Crippen LogP contribution in [0.5, 0.6) is 5.75 Å². The van der Waals surface area contributed by atoms with Crippen LogP contribution in [0.15, 0.2) is 24.5 Å². The average Bonchev–Trinajstić information content (AvgIpc) is 2.87. The molecule has 3 rings (SSSR count). The van der Waals surface area contributed by atoms with Gasteiger partial charge >= 0.3 is 0 Å². The van der Waals surface area contributed by atoms with Crippen LogP contribution < -0.4 is 21.1 Å². The van der Waals surface area contributed by atoms with Crippen LogP contribution in [-0.4, -0.2) is 28.2 Å². The lowest BCUT2D eigenvalue weighted by atomic mass is 10.2. The molecule has 0 fully saturated rings. The van der Waals surface area contributed by atoms with E-state index in [4.69, 9.17) is 10.5 Å². The molecule has 0 spiro atoms. The van der Waals surface area contributed by atoms with Gasteiger partial charge in [0, 0.05) is 19.3 Å². The van der Waals surface area contributed by atoms with Crippen LogP contribution in [0.2, 0.25) is 0 Å². The van der Waals surface area contributed by atoms with Gasteiger partial charge in [0.05, 0.1) is 28.8 Å². The van der Waals surface area contributed by atoms with Gasteiger partial charge in [-0.25, -0.2) is 0 Å². The van der Waals surface area contributed by atoms with Crippen molar-refractivity contribution in [3.05, 3.63) is 30.1 Å². The summed E-state index contributed by atoms with van der Waals surface area (Å²) in [5.41, 5.74) is 7.51. The van der Waals surface area contributed by atoms with Crippen molar-refractivity contribution in [2.45, 2.75) is 0 Å². The number of rotatable bonds is 2. The van der Waals surface area contributed by atoms with Crippen LogP contribution in [0.25, 0.3) is 0 Å². The molecule has 2 heterocycles. The molecule has 1 aliphatic heterocycles. The van der Waals surface area contributed by atoms with Gasteiger partial charge in [0.25, 0.3) is 11.8 Å². The highest BCUT2D eigenvalue weighted by Gasteiger charge is 2.19. The molecule has 0 unspecified atom stereocenters. The summed E-state index contributed by atoms with van der Waals surface area (Å²) in [7, 11) is 1.72. The summed E-state index contributed by atoms with van der Waals surface area (Å²) in [4.78, 5) is 23.4. The Labute approximate surface area is 119 Å². The van der Waals surface area contributed by atoms with Gasteiger partial charge in [-0.15, -0.1) is 0 Å². The summed E-state index contributed by atoms with van der Waals surface area (Å²) in [6, 6.07) is 3.13. The standard InChI is InChI=1S/C13H13N5O3/c1-18-5-7(4-15-18)13(20)17-9-3-10-11(2-8(9)14)21-6-12(19)16-10/h2-5H,6,14H2,1H3,(H,16,19)(H,17,20). The molecular formula is C13H13N5O3. The number of aryl methyl sites for hydroxylation is 1. The van der Waals surface area contributed by atoms with Gasteiger partial charge in [-0.05, 0) is 6.07 Å². The average molecular weight is 287 g/mol. The van der Waals surface area contributed by atoms with Crippen LogP contribution in [0, 0.1) is 0 Å². The van der Waals surface area contributed by atoms with E-state index in [0.29, 0.717) is 28.4 Å². The molecule has 2 amide bonds. The fraction of sp³-hybridized carbons (Fsp3) is 0.154.